The van der Waals surface area contributed by atoms with Crippen LogP contribution in [0.5, 0.6) is 0 Å². The smallest absolute Gasteiger partial charge is 0.356 e. The SMILES string of the molecule is COC(=O)c1ccc(N)c(NCc2sccc2C)n1. The highest BCUT2D eigenvalue weighted by atomic mass is 32.1. The number of anilines is 2. The summed E-state index contributed by atoms with van der Waals surface area (Å²) in [6, 6.07) is 5.24. The second-order valence-electron chi connectivity index (χ2n) is 4.01. The summed E-state index contributed by atoms with van der Waals surface area (Å²) in [5, 5.41) is 5.18. The molecule has 6 heteroatoms. The van der Waals surface area contributed by atoms with Crippen molar-refractivity contribution in [3.8, 4) is 0 Å². The molecule has 0 amide bonds. The quantitative estimate of drug-likeness (QED) is 0.839. The molecule has 2 aromatic rings. The number of nitrogen functional groups attached to an aromatic ring is 1. The summed E-state index contributed by atoms with van der Waals surface area (Å²) in [6.07, 6.45) is 0. The van der Waals surface area contributed by atoms with Crippen LogP contribution in [0.3, 0.4) is 0 Å². The molecule has 0 unspecified atom stereocenters. The number of pyridine rings is 1. The zero-order valence-corrected chi connectivity index (χ0v) is 11.6. The minimum atomic E-state index is -0.477. The molecule has 0 aliphatic heterocycles. The van der Waals surface area contributed by atoms with Gasteiger partial charge in [-0.05, 0) is 36.1 Å². The van der Waals surface area contributed by atoms with Gasteiger partial charge in [-0.15, -0.1) is 11.3 Å². The maximum absolute atomic E-state index is 11.4. The number of carbonyl (C=O) groups is 1. The first kappa shape index (κ1) is 13.4. The number of thiophene rings is 1. The first-order valence-electron chi connectivity index (χ1n) is 5.73. The van der Waals surface area contributed by atoms with Crippen molar-refractivity contribution in [1.29, 1.82) is 0 Å². The van der Waals surface area contributed by atoms with Crippen LogP contribution in [0.25, 0.3) is 0 Å². The highest BCUT2D eigenvalue weighted by molar-refractivity contribution is 7.10. The number of carbonyl (C=O) groups excluding carboxylic acids is 1. The van der Waals surface area contributed by atoms with Crippen molar-refractivity contribution in [2.75, 3.05) is 18.2 Å². The van der Waals surface area contributed by atoms with E-state index in [1.165, 1.54) is 17.6 Å². The predicted molar refractivity (Wildman–Crippen MR) is 76.4 cm³/mol. The number of hydrogen-bond donors (Lipinski definition) is 2. The number of methoxy groups -OCH3 is 1. The second-order valence-corrected chi connectivity index (χ2v) is 5.01. The third-order valence-electron chi connectivity index (χ3n) is 2.71. The Bertz CT molecular complexity index is 595. The van der Waals surface area contributed by atoms with Gasteiger partial charge in [-0.2, -0.15) is 0 Å². The Morgan fingerprint density at radius 2 is 2.26 bits per heavy atom. The molecule has 2 rings (SSSR count). The molecule has 0 radical (unpaired) electrons. The summed E-state index contributed by atoms with van der Waals surface area (Å²) in [5.74, 6) is 0.0195. The third-order valence-corrected chi connectivity index (χ3v) is 3.73. The average Bonchev–Trinajstić information content (AvgIpc) is 2.82. The summed E-state index contributed by atoms with van der Waals surface area (Å²) < 4.78 is 4.63. The molecule has 0 spiro atoms. The lowest BCUT2D eigenvalue weighted by atomic mass is 10.3. The number of nitrogens with zero attached hydrogens (tertiary/aromatic N) is 1. The van der Waals surface area contributed by atoms with Gasteiger partial charge >= 0.3 is 5.97 Å². The Hall–Kier alpha value is -2.08. The number of hydrogen-bond acceptors (Lipinski definition) is 6. The maximum atomic E-state index is 11.4. The Morgan fingerprint density at radius 1 is 1.47 bits per heavy atom. The standard InChI is InChI=1S/C13H15N3O2S/c1-8-5-6-19-11(8)7-15-12-9(14)3-4-10(16-12)13(17)18-2/h3-6H,7,14H2,1-2H3,(H,15,16). The average molecular weight is 277 g/mol. The van der Waals surface area contributed by atoms with Gasteiger partial charge in [0.05, 0.1) is 19.3 Å². The van der Waals surface area contributed by atoms with E-state index in [2.05, 4.69) is 28.0 Å². The summed E-state index contributed by atoms with van der Waals surface area (Å²) in [4.78, 5) is 16.8. The molecule has 100 valence electrons. The van der Waals surface area contributed by atoms with Crippen molar-refractivity contribution in [2.24, 2.45) is 0 Å². The molecule has 0 atom stereocenters. The van der Waals surface area contributed by atoms with Gasteiger partial charge in [-0.25, -0.2) is 9.78 Å². The lowest BCUT2D eigenvalue weighted by molar-refractivity contribution is 0.0594. The minimum absolute atomic E-state index is 0.238. The van der Waals surface area contributed by atoms with Crippen molar-refractivity contribution in [2.45, 2.75) is 13.5 Å². The van der Waals surface area contributed by atoms with Crippen molar-refractivity contribution in [1.82, 2.24) is 4.98 Å². The number of aryl methyl sites for hydroxylation is 1. The fraction of sp³-hybridized carbons (Fsp3) is 0.231. The highest BCUT2D eigenvalue weighted by Crippen LogP contribution is 2.20. The van der Waals surface area contributed by atoms with Crippen molar-refractivity contribution in [3.05, 3.63) is 39.7 Å². The summed E-state index contributed by atoms with van der Waals surface area (Å²) in [6.45, 7) is 2.68. The molecule has 0 saturated heterocycles. The van der Waals surface area contributed by atoms with Gasteiger partial charge in [0.1, 0.15) is 0 Å². The van der Waals surface area contributed by atoms with E-state index in [-0.39, 0.29) is 5.69 Å². The Balaban J connectivity index is 2.15. The van der Waals surface area contributed by atoms with Gasteiger partial charge in [0.2, 0.25) is 0 Å². The van der Waals surface area contributed by atoms with Gasteiger partial charge in [-0.1, -0.05) is 0 Å². The van der Waals surface area contributed by atoms with Crippen LogP contribution in [0.4, 0.5) is 11.5 Å². The first-order chi connectivity index (χ1) is 9.11. The number of nitrogens with one attached hydrogen (secondary N) is 1. The second kappa shape index (κ2) is 5.71. The largest absolute Gasteiger partial charge is 0.464 e. The lowest BCUT2D eigenvalue weighted by Crippen LogP contribution is -2.09. The van der Waals surface area contributed by atoms with Crippen molar-refractivity contribution >= 4 is 28.8 Å². The molecular formula is C13H15N3O2S. The molecule has 0 bridgehead atoms. The monoisotopic (exact) mass is 277 g/mol. The third kappa shape index (κ3) is 3.03. The van der Waals surface area contributed by atoms with Crippen LogP contribution in [0.1, 0.15) is 20.9 Å². The van der Waals surface area contributed by atoms with E-state index in [9.17, 15) is 4.79 Å². The first-order valence-corrected chi connectivity index (χ1v) is 6.61. The van der Waals surface area contributed by atoms with Gasteiger partial charge in [0, 0.05) is 4.88 Å². The van der Waals surface area contributed by atoms with E-state index in [4.69, 9.17) is 5.73 Å². The predicted octanol–water partition coefficient (Wildman–Crippen LogP) is 2.43. The van der Waals surface area contributed by atoms with Crippen LogP contribution in [0.2, 0.25) is 0 Å². The zero-order chi connectivity index (χ0) is 13.8. The van der Waals surface area contributed by atoms with Gasteiger partial charge < -0.3 is 15.8 Å². The Kier molecular flexibility index (Phi) is 4.01. The molecule has 3 N–H and O–H groups in total. The van der Waals surface area contributed by atoms with E-state index in [0.717, 1.165) is 0 Å². The van der Waals surface area contributed by atoms with Crippen LogP contribution >= 0.6 is 11.3 Å². The number of esters is 1. The molecule has 0 fully saturated rings. The fourth-order valence-corrected chi connectivity index (χ4v) is 2.42. The topological polar surface area (TPSA) is 77.2 Å². The van der Waals surface area contributed by atoms with Gasteiger partial charge in [0.25, 0.3) is 0 Å². The van der Waals surface area contributed by atoms with Crippen LogP contribution in [0.15, 0.2) is 23.6 Å². The zero-order valence-electron chi connectivity index (χ0n) is 10.8. The number of ether oxygens (including phenoxy) is 1. The number of rotatable bonds is 4. The highest BCUT2D eigenvalue weighted by Gasteiger charge is 2.10. The molecule has 2 heterocycles. The van der Waals surface area contributed by atoms with E-state index in [0.29, 0.717) is 18.1 Å². The summed E-state index contributed by atoms with van der Waals surface area (Å²) in [5.41, 5.74) is 7.80. The van der Waals surface area contributed by atoms with Crippen LogP contribution in [-0.2, 0) is 11.3 Å². The maximum Gasteiger partial charge on any atom is 0.356 e. The molecular weight excluding hydrogens is 262 g/mol. The molecule has 0 aromatic carbocycles. The van der Waals surface area contributed by atoms with Crippen molar-refractivity contribution in [3.63, 3.8) is 0 Å². The van der Waals surface area contributed by atoms with E-state index in [1.807, 2.05) is 5.38 Å². The van der Waals surface area contributed by atoms with Crippen molar-refractivity contribution < 1.29 is 9.53 Å². The van der Waals surface area contributed by atoms with Crippen LogP contribution in [0, 0.1) is 6.92 Å². The normalized spacial score (nSPS) is 10.2. The molecule has 2 aromatic heterocycles. The number of aromatic nitrogens is 1. The fourth-order valence-electron chi connectivity index (χ4n) is 1.58. The minimum Gasteiger partial charge on any atom is -0.464 e. The van der Waals surface area contributed by atoms with E-state index in [1.54, 1.807) is 23.5 Å². The molecule has 0 aliphatic rings. The van der Waals surface area contributed by atoms with Crippen LogP contribution in [-0.4, -0.2) is 18.1 Å². The van der Waals surface area contributed by atoms with E-state index < -0.39 is 5.97 Å². The van der Waals surface area contributed by atoms with E-state index >= 15 is 0 Å². The van der Waals surface area contributed by atoms with Gasteiger partial charge in [-0.3, -0.25) is 0 Å². The summed E-state index contributed by atoms with van der Waals surface area (Å²) >= 11 is 1.67. The molecule has 0 aliphatic carbocycles. The van der Waals surface area contributed by atoms with Crippen LogP contribution < -0.4 is 11.1 Å². The summed E-state index contributed by atoms with van der Waals surface area (Å²) in [7, 11) is 1.32. The molecule has 0 saturated carbocycles. The Morgan fingerprint density at radius 3 is 2.89 bits per heavy atom. The molecule has 5 nitrogen and oxygen atoms in total. The van der Waals surface area contributed by atoms with Gasteiger partial charge in [0.15, 0.2) is 11.5 Å². The molecule has 19 heavy (non-hydrogen) atoms. The Labute approximate surface area is 115 Å². The lowest BCUT2D eigenvalue weighted by Gasteiger charge is -2.09. The number of nitrogens with two attached hydrogens (primary N) is 1.